The Labute approximate surface area is 147 Å². The molecule has 2 fully saturated rings. The number of allylic oxidation sites excluding steroid dienone is 1. The topological polar surface area (TPSA) is 0 Å². The molecule has 0 amide bonds. The highest BCUT2D eigenvalue weighted by Crippen LogP contribution is 2.54. The van der Waals surface area contributed by atoms with Crippen molar-refractivity contribution in [3.8, 4) is 0 Å². The fourth-order valence-corrected chi connectivity index (χ4v) is 5.75. The van der Waals surface area contributed by atoms with Gasteiger partial charge in [0, 0.05) is 10.4 Å². The van der Waals surface area contributed by atoms with Crippen LogP contribution in [0, 0.1) is 17.8 Å². The first-order valence-corrected chi connectivity index (χ1v) is 9.97. The van der Waals surface area contributed by atoms with Gasteiger partial charge in [-0.05, 0) is 74.0 Å². The summed E-state index contributed by atoms with van der Waals surface area (Å²) in [6, 6.07) is 8.87. The minimum Gasteiger partial charge on any atom is -0.103 e. The largest absolute Gasteiger partial charge is 0.103 e. The van der Waals surface area contributed by atoms with Crippen LogP contribution in [-0.4, -0.2) is 0 Å². The van der Waals surface area contributed by atoms with E-state index in [1.165, 1.54) is 57.8 Å². The van der Waals surface area contributed by atoms with Crippen LogP contribution in [-0.2, 0) is 5.41 Å². The molecule has 2 aliphatic rings. The van der Waals surface area contributed by atoms with Crippen molar-refractivity contribution < 1.29 is 0 Å². The van der Waals surface area contributed by atoms with Crippen molar-refractivity contribution in [3.63, 3.8) is 0 Å². The molecular weight excluding hydrogens is 300 g/mol. The summed E-state index contributed by atoms with van der Waals surface area (Å²) < 4.78 is 0. The van der Waals surface area contributed by atoms with Crippen LogP contribution in [0.1, 0.15) is 70.3 Å². The van der Waals surface area contributed by atoms with E-state index in [4.69, 9.17) is 11.6 Å². The van der Waals surface area contributed by atoms with Gasteiger partial charge in [0.25, 0.3) is 0 Å². The molecule has 0 aliphatic heterocycles. The van der Waals surface area contributed by atoms with Gasteiger partial charge in [0.2, 0.25) is 0 Å². The maximum Gasteiger partial charge on any atom is 0.0406 e. The van der Waals surface area contributed by atoms with Gasteiger partial charge in [-0.25, -0.2) is 0 Å². The predicted octanol–water partition coefficient (Wildman–Crippen LogP) is 7.17. The Balaban J connectivity index is 1.96. The fourth-order valence-electron chi connectivity index (χ4n) is 5.62. The van der Waals surface area contributed by atoms with Gasteiger partial charge in [-0.3, -0.25) is 0 Å². The maximum absolute atomic E-state index is 6.18. The molecule has 2 aliphatic carbocycles. The summed E-state index contributed by atoms with van der Waals surface area (Å²) in [6.07, 6.45) is 14.5. The molecule has 23 heavy (non-hydrogen) atoms. The quantitative estimate of drug-likeness (QED) is 0.513. The first-order chi connectivity index (χ1) is 11.2. The van der Waals surface area contributed by atoms with Crippen LogP contribution in [0.25, 0.3) is 0 Å². The van der Waals surface area contributed by atoms with E-state index in [1.807, 2.05) is 0 Å². The van der Waals surface area contributed by atoms with Crippen LogP contribution in [0.2, 0.25) is 5.02 Å². The summed E-state index contributed by atoms with van der Waals surface area (Å²) in [5.41, 5.74) is 1.96. The highest BCUT2D eigenvalue weighted by molar-refractivity contribution is 6.30. The summed E-state index contributed by atoms with van der Waals surface area (Å²) in [5.74, 6) is 2.42. The Morgan fingerprint density at radius 2 is 1.78 bits per heavy atom. The smallest absolute Gasteiger partial charge is 0.0406 e. The van der Waals surface area contributed by atoms with Crippen LogP contribution >= 0.6 is 11.6 Å². The molecule has 1 aromatic rings. The van der Waals surface area contributed by atoms with Crippen LogP contribution in [0.5, 0.6) is 0 Å². The molecule has 126 valence electrons. The lowest BCUT2D eigenvalue weighted by Gasteiger charge is -2.52. The summed E-state index contributed by atoms with van der Waals surface area (Å²) in [5, 5.41) is 0.864. The third-order valence-corrected chi connectivity index (χ3v) is 7.08. The highest BCUT2D eigenvalue weighted by Gasteiger charge is 2.47. The zero-order valence-electron chi connectivity index (χ0n) is 14.6. The number of halogens is 1. The fraction of sp³-hybridized carbons (Fsp3) is 0.636. The van der Waals surface area contributed by atoms with Gasteiger partial charge in [0.15, 0.2) is 0 Å². The first kappa shape index (κ1) is 17.1. The molecule has 3 rings (SSSR count). The van der Waals surface area contributed by atoms with Crippen molar-refractivity contribution in [3.05, 3.63) is 47.5 Å². The third-order valence-electron chi connectivity index (χ3n) is 6.83. The van der Waals surface area contributed by atoms with Gasteiger partial charge in [0.1, 0.15) is 0 Å². The van der Waals surface area contributed by atoms with E-state index >= 15 is 0 Å². The zero-order valence-corrected chi connectivity index (χ0v) is 15.3. The molecule has 2 atom stereocenters. The zero-order chi connectivity index (χ0) is 16.3. The first-order valence-electron chi connectivity index (χ1n) is 9.59. The molecule has 0 unspecified atom stereocenters. The van der Waals surface area contributed by atoms with Crippen molar-refractivity contribution >= 4 is 11.6 Å². The number of benzene rings is 1. The number of rotatable bonds is 4. The Morgan fingerprint density at radius 1 is 1.09 bits per heavy atom. The average Bonchev–Trinajstić information content (AvgIpc) is 2.62. The van der Waals surface area contributed by atoms with Crippen molar-refractivity contribution in [1.82, 2.24) is 0 Å². The molecular formula is C22H31Cl. The highest BCUT2D eigenvalue weighted by atomic mass is 35.5. The third kappa shape index (κ3) is 3.25. The van der Waals surface area contributed by atoms with Crippen LogP contribution in [0.3, 0.4) is 0 Å². The molecule has 0 N–H and O–H groups in total. The molecule has 0 aromatic heterocycles. The van der Waals surface area contributed by atoms with Crippen molar-refractivity contribution in [2.45, 2.75) is 70.1 Å². The van der Waals surface area contributed by atoms with E-state index in [0.717, 1.165) is 22.8 Å². The Bertz CT molecular complexity index is 509. The van der Waals surface area contributed by atoms with Gasteiger partial charge < -0.3 is 0 Å². The molecule has 0 spiro atoms. The Kier molecular flexibility index (Phi) is 5.52. The van der Waals surface area contributed by atoms with E-state index in [2.05, 4.69) is 43.8 Å². The summed E-state index contributed by atoms with van der Waals surface area (Å²) in [4.78, 5) is 0. The van der Waals surface area contributed by atoms with E-state index in [1.54, 1.807) is 5.56 Å². The summed E-state index contributed by atoms with van der Waals surface area (Å²) >= 11 is 6.18. The van der Waals surface area contributed by atoms with E-state index in [9.17, 15) is 0 Å². The monoisotopic (exact) mass is 330 g/mol. The van der Waals surface area contributed by atoms with Gasteiger partial charge in [0.05, 0.1) is 0 Å². The molecule has 0 nitrogen and oxygen atoms in total. The van der Waals surface area contributed by atoms with Gasteiger partial charge in [-0.1, -0.05) is 56.0 Å². The molecule has 1 aromatic carbocycles. The molecule has 0 heterocycles. The number of hydrogen-bond donors (Lipinski definition) is 0. The standard InChI is InChI=1S/C22H31Cl/c1-3-17-8-10-19(11-9-17)22(16-6-5-7-18(22)4-2)20-12-14-21(23)15-13-20/h3,12-15,17-19H,1,4-11,16H2,2H3/t17?,18-,19?,22-/m0/s1. The van der Waals surface area contributed by atoms with E-state index in [-0.39, 0.29) is 0 Å². The van der Waals surface area contributed by atoms with Gasteiger partial charge in [-0.15, -0.1) is 6.58 Å². The molecule has 1 heteroatoms. The Morgan fingerprint density at radius 3 is 2.39 bits per heavy atom. The van der Waals surface area contributed by atoms with Crippen LogP contribution < -0.4 is 0 Å². The Hall–Kier alpha value is -0.750. The van der Waals surface area contributed by atoms with Crippen molar-refractivity contribution in [1.29, 1.82) is 0 Å². The normalized spacial score (nSPS) is 35.0. The second kappa shape index (κ2) is 7.43. The van der Waals surface area contributed by atoms with Crippen LogP contribution in [0.4, 0.5) is 0 Å². The van der Waals surface area contributed by atoms with E-state index < -0.39 is 0 Å². The summed E-state index contributed by atoms with van der Waals surface area (Å²) in [7, 11) is 0. The van der Waals surface area contributed by atoms with Crippen molar-refractivity contribution in [2.24, 2.45) is 17.8 Å². The minimum atomic E-state index is 0.393. The second-order valence-electron chi connectivity index (χ2n) is 7.75. The molecule has 2 saturated carbocycles. The average molecular weight is 331 g/mol. The van der Waals surface area contributed by atoms with Crippen LogP contribution in [0.15, 0.2) is 36.9 Å². The molecule has 0 radical (unpaired) electrons. The lowest BCUT2D eigenvalue weighted by molar-refractivity contribution is 0.0727. The second-order valence-corrected chi connectivity index (χ2v) is 8.18. The molecule has 0 saturated heterocycles. The molecule has 0 bridgehead atoms. The minimum absolute atomic E-state index is 0.393. The lowest BCUT2D eigenvalue weighted by Crippen LogP contribution is -2.45. The summed E-state index contributed by atoms with van der Waals surface area (Å²) in [6.45, 7) is 6.42. The number of hydrogen-bond acceptors (Lipinski definition) is 0. The van der Waals surface area contributed by atoms with Crippen molar-refractivity contribution in [2.75, 3.05) is 0 Å². The van der Waals surface area contributed by atoms with Gasteiger partial charge >= 0.3 is 0 Å². The maximum atomic E-state index is 6.18. The SMILES string of the molecule is C=CC1CCC([C@]2(c3ccc(Cl)cc3)CCCC[C@@H]2CC)CC1. The van der Waals surface area contributed by atoms with E-state index in [0.29, 0.717) is 5.41 Å². The predicted molar refractivity (Wildman–Crippen MR) is 101 cm³/mol. The lowest BCUT2D eigenvalue weighted by atomic mass is 9.53. The van der Waals surface area contributed by atoms with Gasteiger partial charge in [-0.2, -0.15) is 0 Å².